The molecule has 2 aliphatic rings. The maximum absolute atomic E-state index is 13.2. The molecule has 38 heavy (non-hydrogen) atoms. The van der Waals surface area contributed by atoms with Gasteiger partial charge < -0.3 is 9.72 Å². The largest absolute Gasteiger partial charge is 0.355 e. The average molecular weight is 514 g/mol. The second kappa shape index (κ2) is 12.4. The molecule has 2 saturated heterocycles. The monoisotopic (exact) mass is 513 g/mol. The number of hydrogen-bond donors (Lipinski definition) is 1. The summed E-state index contributed by atoms with van der Waals surface area (Å²) in [5.41, 5.74) is 5.23. The lowest BCUT2D eigenvalue weighted by atomic mass is 10.0. The average Bonchev–Trinajstić information content (AvgIpc) is 3.35. The topological polar surface area (TPSA) is 65.6 Å². The van der Waals surface area contributed by atoms with Gasteiger partial charge in [0.05, 0.1) is 16.8 Å². The fourth-order valence-electron chi connectivity index (χ4n) is 4.99. The van der Waals surface area contributed by atoms with E-state index in [0.717, 1.165) is 34.5 Å². The van der Waals surface area contributed by atoms with E-state index in [1.54, 1.807) is 18.2 Å². The van der Waals surface area contributed by atoms with E-state index in [9.17, 15) is 9.59 Å². The van der Waals surface area contributed by atoms with Crippen molar-refractivity contribution in [2.45, 2.75) is 66.5 Å². The Kier molecular flexibility index (Phi) is 8.97. The number of carbonyl (C=O) groups is 2. The lowest BCUT2D eigenvalue weighted by Gasteiger charge is -2.40. The number of H-pyrrole nitrogens is 1. The van der Waals surface area contributed by atoms with E-state index in [0.29, 0.717) is 23.1 Å². The number of imide groups is 1. The Morgan fingerprint density at radius 1 is 1.00 bits per heavy atom. The van der Waals surface area contributed by atoms with E-state index < -0.39 is 0 Å². The van der Waals surface area contributed by atoms with Crippen LogP contribution < -0.4 is 4.90 Å². The first kappa shape index (κ1) is 27.6. The van der Waals surface area contributed by atoms with Gasteiger partial charge in [-0.3, -0.25) is 14.5 Å². The van der Waals surface area contributed by atoms with Crippen LogP contribution in [0, 0.1) is 6.92 Å². The molecule has 1 aromatic heterocycles. The minimum absolute atomic E-state index is 0.272. The Balaban J connectivity index is 0.000000257. The summed E-state index contributed by atoms with van der Waals surface area (Å²) in [4.78, 5) is 33.2. The van der Waals surface area contributed by atoms with Gasteiger partial charge in [-0.15, -0.1) is 0 Å². The second-order valence-electron chi connectivity index (χ2n) is 10.1. The number of rotatable bonds is 7. The van der Waals surface area contributed by atoms with Gasteiger partial charge in [0.25, 0.3) is 11.8 Å². The molecule has 6 nitrogen and oxygen atoms in total. The fraction of sp³-hybridized carbons (Fsp3) is 0.375. The van der Waals surface area contributed by atoms with Crippen LogP contribution in [0.15, 0.2) is 71.3 Å². The Hall–Kier alpha value is -3.48. The normalized spacial score (nSPS) is 18.7. The molecule has 1 unspecified atom stereocenters. The van der Waals surface area contributed by atoms with Gasteiger partial charge >= 0.3 is 0 Å². The highest BCUT2D eigenvalue weighted by Crippen LogP contribution is 2.34. The molecule has 200 valence electrons. The van der Waals surface area contributed by atoms with Gasteiger partial charge in [-0.25, -0.2) is 4.90 Å². The number of nitrogens with one attached hydrogen (secondary N) is 1. The predicted molar refractivity (Wildman–Crippen MR) is 155 cm³/mol. The zero-order chi connectivity index (χ0) is 27.2. The Morgan fingerprint density at radius 3 is 2.32 bits per heavy atom. The van der Waals surface area contributed by atoms with Crippen molar-refractivity contribution < 1.29 is 14.3 Å². The number of unbranched alkanes of at least 4 members (excludes halogenated alkanes) is 1. The van der Waals surface area contributed by atoms with Gasteiger partial charge in [0.1, 0.15) is 13.0 Å². The number of nitrogens with zero attached hydrogens (tertiary/aromatic N) is 2. The van der Waals surface area contributed by atoms with E-state index in [1.165, 1.54) is 37.1 Å². The summed E-state index contributed by atoms with van der Waals surface area (Å²) >= 11 is 0. The molecular formula is C32H39N3O3. The second-order valence-corrected chi connectivity index (χ2v) is 10.1. The Labute approximate surface area is 226 Å². The van der Waals surface area contributed by atoms with Gasteiger partial charge in [0, 0.05) is 23.1 Å². The molecule has 0 radical (unpaired) electrons. The quantitative estimate of drug-likeness (QED) is 0.274. The Morgan fingerprint density at radius 2 is 1.71 bits per heavy atom. The maximum Gasteiger partial charge on any atom is 0.266 e. The molecule has 6 heteroatoms. The van der Waals surface area contributed by atoms with Crippen LogP contribution in [0.3, 0.4) is 0 Å². The fourth-order valence-corrected chi connectivity index (χ4v) is 4.99. The molecule has 2 aromatic carbocycles. The van der Waals surface area contributed by atoms with Crippen LogP contribution in [-0.4, -0.2) is 41.2 Å². The van der Waals surface area contributed by atoms with Crippen LogP contribution in [0.4, 0.5) is 5.69 Å². The minimum atomic E-state index is -0.291. The third-order valence-electron chi connectivity index (χ3n) is 7.08. The van der Waals surface area contributed by atoms with Crippen molar-refractivity contribution in [1.29, 1.82) is 0 Å². The molecular weight excluding hydrogens is 474 g/mol. The number of ether oxygens (including phenoxy) is 1. The molecule has 2 aliphatic heterocycles. The van der Waals surface area contributed by atoms with Crippen LogP contribution >= 0.6 is 0 Å². The molecule has 5 rings (SSSR count). The Bertz CT molecular complexity index is 1350. The summed E-state index contributed by atoms with van der Waals surface area (Å²) in [7, 11) is 0. The van der Waals surface area contributed by atoms with E-state index in [1.807, 2.05) is 63.2 Å². The van der Waals surface area contributed by atoms with Crippen molar-refractivity contribution in [2.24, 2.45) is 0 Å². The van der Waals surface area contributed by atoms with E-state index in [4.69, 9.17) is 4.74 Å². The van der Waals surface area contributed by atoms with E-state index in [-0.39, 0.29) is 11.8 Å². The molecule has 2 fully saturated rings. The zero-order valence-electron chi connectivity index (χ0n) is 23.2. The predicted octanol–water partition coefficient (Wildman–Crippen LogP) is 6.97. The molecule has 0 saturated carbocycles. The molecule has 3 heterocycles. The molecule has 1 atom stereocenters. The third-order valence-corrected chi connectivity index (χ3v) is 7.08. The van der Waals surface area contributed by atoms with Gasteiger partial charge in [0.2, 0.25) is 0 Å². The van der Waals surface area contributed by atoms with Crippen molar-refractivity contribution in [3.05, 3.63) is 82.6 Å². The number of anilines is 1. The summed E-state index contributed by atoms with van der Waals surface area (Å²) in [5.74, 6) is -0.563. The lowest BCUT2D eigenvalue weighted by Crippen LogP contribution is -2.50. The van der Waals surface area contributed by atoms with Gasteiger partial charge in [0.15, 0.2) is 0 Å². The molecule has 1 N–H and O–H groups in total. The number of aryl methyl sites for hydroxylation is 1. The number of amides is 2. The van der Waals surface area contributed by atoms with Crippen molar-refractivity contribution in [1.82, 2.24) is 9.88 Å². The van der Waals surface area contributed by atoms with Crippen LogP contribution in [0.25, 0.3) is 17.0 Å². The lowest BCUT2D eigenvalue weighted by molar-refractivity contribution is -0.221. The summed E-state index contributed by atoms with van der Waals surface area (Å²) in [6.45, 7) is 12.3. The molecule has 2 amide bonds. The summed E-state index contributed by atoms with van der Waals surface area (Å²) in [5, 5.41) is 1.11. The van der Waals surface area contributed by atoms with Crippen LogP contribution in [0.2, 0.25) is 0 Å². The van der Waals surface area contributed by atoms with E-state index in [2.05, 4.69) is 23.7 Å². The third kappa shape index (κ3) is 5.66. The first-order valence-corrected chi connectivity index (χ1v) is 13.6. The standard InChI is InChI=1S/C23H20N2O2.C9H19NO/c1-14(2)21-18(13-20-15(3)17-11-7-8-12-19(17)24-20)22(26)25(23(21)27)16-9-5-4-6-10-16;1-3-5-6-9-10(7-4-2)8-11-9/h4-13,24H,1-3H3;9H,3-8H2,1-2H3/b18-13+;. The molecule has 0 spiro atoms. The number of carbonyl (C=O) groups excluding carboxylic acids is 2. The number of hydrogen-bond acceptors (Lipinski definition) is 4. The van der Waals surface area contributed by atoms with Crippen LogP contribution in [-0.2, 0) is 14.3 Å². The maximum atomic E-state index is 13.2. The van der Waals surface area contributed by atoms with Crippen molar-refractivity contribution in [3.8, 4) is 0 Å². The van der Waals surface area contributed by atoms with Gasteiger partial charge in [-0.2, -0.15) is 0 Å². The van der Waals surface area contributed by atoms with Crippen molar-refractivity contribution in [2.75, 3.05) is 18.2 Å². The molecule has 0 bridgehead atoms. The highest BCUT2D eigenvalue weighted by Gasteiger charge is 2.40. The van der Waals surface area contributed by atoms with Gasteiger partial charge in [-0.1, -0.05) is 62.2 Å². The number of aromatic amines is 1. The molecule has 3 aromatic rings. The number of para-hydroxylation sites is 2. The molecule has 0 aliphatic carbocycles. The number of fused-ring (bicyclic) bond motifs is 1. The van der Waals surface area contributed by atoms with Crippen LogP contribution in [0.1, 0.15) is 64.6 Å². The van der Waals surface area contributed by atoms with Crippen LogP contribution in [0.5, 0.6) is 0 Å². The first-order valence-electron chi connectivity index (χ1n) is 13.6. The van der Waals surface area contributed by atoms with Gasteiger partial charge in [-0.05, 0) is 69.9 Å². The van der Waals surface area contributed by atoms with Crippen molar-refractivity contribution >= 4 is 34.5 Å². The minimum Gasteiger partial charge on any atom is -0.355 e. The smallest absolute Gasteiger partial charge is 0.266 e. The highest BCUT2D eigenvalue weighted by molar-refractivity contribution is 6.38. The number of allylic oxidation sites excluding steroid dienone is 1. The summed E-state index contributed by atoms with van der Waals surface area (Å²) in [6, 6.07) is 17.1. The summed E-state index contributed by atoms with van der Waals surface area (Å²) in [6.07, 6.45) is 7.29. The number of aromatic nitrogens is 1. The SMILES string of the molecule is CC(C)=C1C(=O)N(c2ccccc2)C(=O)/C1=C/c1[nH]c2ccccc2c1C.CCCCC1OCN1CCC. The van der Waals surface area contributed by atoms with Crippen molar-refractivity contribution in [3.63, 3.8) is 0 Å². The van der Waals surface area contributed by atoms with E-state index >= 15 is 0 Å². The first-order chi connectivity index (χ1) is 18.4. The highest BCUT2D eigenvalue weighted by atomic mass is 16.6. The zero-order valence-corrected chi connectivity index (χ0v) is 23.2. The number of benzene rings is 2. The summed E-state index contributed by atoms with van der Waals surface area (Å²) < 4.78 is 5.42.